The molecule has 0 spiro atoms. The van der Waals surface area contributed by atoms with Crippen LogP contribution in [0.4, 0.5) is 0 Å². The first-order valence-corrected chi connectivity index (χ1v) is 8.34. The maximum atomic E-state index is 4.67. The molecule has 3 rings (SSSR count). The van der Waals surface area contributed by atoms with Crippen LogP contribution in [0.1, 0.15) is 16.1 Å². The second kappa shape index (κ2) is 6.37. The monoisotopic (exact) mass is 355 g/mol. The number of benzene rings is 2. The van der Waals surface area contributed by atoms with Crippen LogP contribution in [0.2, 0.25) is 0 Å². The van der Waals surface area contributed by atoms with Gasteiger partial charge in [-0.3, -0.25) is 0 Å². The van der Waals surface area contributed by atoms with Crippen molar-refractivity contribution in [2.45, 2.75) is 6.92 Å². The van der Waals surface area contributed by atoms with E-state index in [1.807, 2.05) is 12.1 Å². The number of aryl methyl sites for hydroxylation is 1. The third-order valence-electron chi connectivity index (χ3n) is 3.14. The molecule has 0 aliphatic rings. The molecule has 0 aliphatic heterocycles. The summed E-state index contributed by atoms with van der Waals surface area (Å²) in [5, 5.41) is 3.12. The highest BCUT2D eigenvalue weighted by Crippen LogP contribution is 2.23. The standard InChI is InChI=1S/C18H14BrNS/c1-13-5-8-15(9-6-13)17-12-21-18(20-17)10-7-14-3-2-4-16(19)11-14/h2-12H,1H3. The molecular weight excluding hydrogens is 342 g/mol. The van der Waals surface area contributed by atoms with Crippen LogP contribution in [0.15, 0.2) is 58.4 Å². The molecule has 0 aliphatic carbocycles. The molecule has 0 fully saturated rings. The smallest absolute Gasteiger partial charge is 0.116 e. The molecule has 0 atom stereocenters. The molecule has 2 aromatic carbocycles. The summed E-state index contributed by atoms with van der Waals surface area (Å²) in [6.45, 7) is 2.09. The van der Waals surface area contributed by atoms with Crippen LogP contribution in [-0.4, -0.2) is 4.98 Å². The molecule has 21 heavy (non-hydrogen) atoms. The minimum atomic E-state index is 1.02. The van der Waals surface area contributed by atoms with Crippen molar-refractivity contribution in [3.05, 3.63) is 74.5 Å². The van der Waals surface area contributed by atoms with Gasteiger partial charge in [0.1, 0.15) is 5.01 Å². The minimum Gasteiger partial charge on any atom is -0.237 e. The zero-order valence-electron chi connectivity index (χ0n) is 11.6. The fraction of sp³-hybridized carbons (Fsp3) is 0.0556. The molecule has 104 valence electrons. The largest absolute Gasteiger partial charge is 0.237 e. The van der Waals surface area contributed by atoms with Crippen LogP contribution in [0.5, 0.6) is 0 Å². The lowest BCUT2D eigenvalue weighted by Crippen LogP contribution is -1.79. The highest BCUT2D eigenvalue weighted by atomic mass is 79.9. The van der Waals surface area contributed by atoms with Gasteiger partial charge in [-0.25, -0.2) is 4.98 Å². The average molecular weight is 356 g/mol. The number of hydrogen-bond donors (Lipinski definition) is 0. The van der Waals surface area contributed by atoms with Gasteiger partial charge in [0.15, 0.2) is 0 Å². The first-order chi connectivity index (χ1) is 10.2. The molecule has 3 aromatic rings. The predicted octanol–water partition coefficient (Wildman–Crippen LogP) is 6.05. The van der Waals surface area contributed by atoms with E-state index in [0.717, 1.165) is 20.7 Å². The van der Waals surface area contributed by atoms with Gasteiger partial charge < -0.3 is 0 Å². The van der Waals surface area contributed by atoms with Gasteiger partial charge in [0.25, 0.3) is 0 Å². The van der Waals surface area contributed by atoms with E-state index >= 15 is 0 Å². The van der Waals surface area contributed by atoms with E-state index in [1.165, 1.54) is 11.1 Å². The quantitative estimate of drug-likeness (QED) is 0.557. The van der Waals surface area contributed by atoms with E-state index in [0.29, 0.717) is 0 Å². The third-order valence-corrected chi connectivity index (χ3v) is 4.44. The Morgan fingerprint density at radius 2 is 1.86 bits per heavy atom. The van der Waals surface area contributed by atoms with Crippen molar-refractivity contribution in [2.24, 2.45) is 0 Å². The molecule has 0 radical (unpaired) electrons. The third kappa shape index (κ3) is 3.69. The van der Waals surface area contributed by atoms with E-state index in [1.54, 1.807) is 11.3 Å². The van der Waals surface area contributed by atoms with Crippen LogP contribution in [0, 0.1) is 6.92 Å². The van der Waals surface area contributed by atoms with Gasteiger partial charge >= 0.3 is 0 Å². The Hall–Kier alpha value is -1.71. The van der Waals surface area contributed by atoms with Crippen molar-refractivity contribution < 1.29 is 0 Å². The summed E-state index contributed by atoms with van der Waals surface area (Å²) >= 11 is 5.14. The van der Waals surface area contributed by atoms with Gasteiger partial charge in [-0.1, -0.05) is 64.0 Å². The van der Waals surface area contributed by atoms with Crippen molar-refractivity contribution in [1.82, 2.24) is 4.98 Å². The summed E-state index contributed by atoms with van der Waals surface area (Å²) in [4.78, 5) is 4.67. The van der Waals surface area contributed by atoms with Gasteiger partial charge in [0, 0.05) is 15.4 Å². The van der Waals surface area contributed by atoms with Crippen molar-refractivity contribution in [2.75, 3.05) is 0 Å². The topological polar surface area (TPSA) is 12.9 Å². The van der Waals surface area contributed by atoms with Gasteiger partial charge in [-0.2, -0.15) is 0 Å². The predicted molar refractivity (Wildman–Crippen MR) is 95.4 cm³/mol. The van der Waals surface area contributed by atoms with Crippen LogP contribution >= 0.6 is 27.3 Å². The Kier molecular flexibility index (Phi) is 4.32. The Morgan fingerprint density at radius 3 is 2.62 bits per heavy atom. The summed E-state index contributed by atoms with van der Waals surface area (Å²) in [6.07, 6.45) is 4.15. The van der Waals surface area contributed by atoms with E-state index in [2.05, 4.69) is 81.8 Å². The number of thiazole rings is 1. The Morgan fingerprint density at radius 1 is 1.05 bits per heavy atom. The molecule has 0 saturated heterocycles. The van der Waals surface area contributed by atoms with E-state index in [4.69, 9.17) is 0 Å². The lowest BCUT2D eigenvalue weighted by Gasteiger charge is -1.96. The summed E-state index contributed by atoms with van der Waals surface area (Å²) in [7, 11) is 0. The van der Waals surface area contributed by atoms with Crippen molar-refractivity contribution >= 4 is 39.4 Å². The molecule has 1 nitrogen and oxygen atoms in total. The minimum absolute atomic E-state index is 1.02. The van der Waals surface area contributed by atoms with Crippen molar-refractivity contribution in [3.63, 3.8) is 0 Å². The molecule has 0 amide bonds. The van der Waals surface area contributed by atoms with E-state index in [-0.39, 0.29) is 0 Å². The Balaban J connectivity index is 1.80. The first kappa shape index (κ1) is 14.2. The van der Waals surface area contributed by atoms with Crippen molar-refractivity contribution in [1.29, 1.82) is 0 Å². The summed E-state index contributed by atoms with van der Waals surface area (Å²) in [5.41, 5.74) is 4.63. The molecule has 0 saturated carbocycles. The normalized spacial score (nSPS) is 11.1. The maximum Gasteiger partial charge on any atom is 0.116 e. The van der Waals surface area contributed by atoms with Gasteiger partial charge in [0.2, 0.25) is 0 Å². The highest BCUT2D eigenvalue weighted by Gasteiger charge is 2.02. The molecule has 0 bridgehead atoms. The molecule has 1 heterocycles. The number of halogens is 1. The maximum absolute atomic E-state index is 4.67. The second-order valence-electron chi connectivity index (χ2n) is 4.83. The van der Waals surface area contributed by atoms with Gasteiger partial charge in [-0.05, 0) is 30.7 Å². The highest BCUT2D eigenvalue weighted by molar-refractivity contribution is 9.10. The Labute approximate surface area is 137 Å². The van der Waals surface area contributed by atoms with E-state index < -0.39 is 0 Å². The van der Waals surface area contributed by atoms with Crippen LogP contribution in [-0.2, 0) is 0 Å². The first-order valence-electron chi connectivity index (χ1n) is 6.67. The number of nitrogens with zero attached hydrogens (tertiary/aromatic N) is 1. The lowest BCUT2D eigenvalue weighted by molar-refractivity contribution is 1.37. The molecule has 1 aromatic heterocycles. The van der Waals surface area contributed by atoms with E-state index in [9.17, 15) is 0 Å². The second-order valence-corrected chi connectivity index (χ2v) is 6.63. The zero-order valence-corrected chi connectivity index (χ0v) is 14.0. The summed E-state index contributed by atoms with van der Waals surface area (Å²) in [6, 6.07) is 16.7. The van der Waals surface area contributed by atoms with Gasteiger partial charge in [0.05, 0.1) is 5.69 Å². The van der Waals surface area contributed by atoms with Crippen LogP contribution in [0.3, 0.4) is 0 Å². The number of hydrogen-bond acceptors (Lipinski definition) is 2. The Bertz CT molecular complexity index is 772. The molecular formula is C18H14BrNS. The zero-order chi connectivity index (χ0) is 14.7. The van der Waals surface area contributed by atoms with Crippen LogP contribution in [0.25, 0.3) is 23.4 Å². The molecule has 0 unspecified atom stereocenters. The lowest BCUT2D eigenvalue weighted by atomic mass is 10.1. The molecule has 0 N–H and O–H groups in total. The fourth-order valence-corrected chi connectivity index (χ4v) is 3.13. The average Bonchev–Trinajstić information content (AvgIpc) is 2.95. The van der Waals surface area contributed by atoms with Crippen molar-refractivity contribution in [3.8, 4) is 11.3 Å². The summed E-state index contributed by atoms with van der Waals surface area (Å²) < 4.78 is 1.09. The fourth-order valence-electron chi connectivity index (χ4n) is 2.00. The SMILES string of the molecule is Cc1ccc(-c2csc(C=Cc3cccc(Br)c3)n2)cc1. The molecule has 3 heteroatoms. The van der Waals surface area contributed by atoms with Crippen LogP contribution < -0.4 is 0 Å². The van der Waals surface area contributed by atoms with Gasteiger partial charge in [-0.15, -0.1) is 11.3 Å². The number of rotatable bonds is 3. The summed E-state index contributed by atoms with van der Waals surface area (Å²) in [5.74, 6) is 0. The number of aromatic nitrogens is 1.